The SMILES string of the molecule is CC(NC(=O)c1cn(Cc2ccccc2)c(=O)cc1O)c1ccc(Cl)cc1. The molecule has 1 atom stereocenters. The number of carbonyl (C=O) groups excluding carboxylic acids is 1. The Labute approximate surface area is 161 Å². The van der Waals surface area contributed by atoms with Crippen LogP contribution in [-0.2, 0) is 6.54 Å². The summed E-state index contributed by atoms with van der Waals surface area (Å²) in [6, 6.07) is 17.3. The highest BCUT2D eigenvalue weighted by Gasteiger charge is 2.17. The summed E-state index contributed by atoms with van der Waals surface area (Å²) in [5.74, 6) is -0.804. The van der Waals surface area contributed by atoms with Crippen LogP contribution in [0, 0.1) is 0 Å². The molecule has 0 aliphatic rings. The molecule has 3 rings (SSSR count). The lowest BCUT2D eigenvalue weighted by Gasteiger charge is -2.16. The van der Waals surface area contributed by atoms with E-state index in [9.17, 15) is 14.7 Å². The Bertz CT molecular complexity index is 998. The van der Waals surface area contributed by atoms with Gasteiger partial charge in [0.25, 0.3) is 11.5 Å². The second kappa shape index (κ2) is 8.10. The van der Waals surface area contributed by atoms with Crippen LogP contribution in [0.2, 0.25) is 5.02 Å². The predicted molar refractivity (Wildman–Crippen MR) is 105 cm³/mol. The van der Waals surface area contributed by atoms with E-state index in [1.165, 1.54) is 10.8 Å². The van der Waals surface area contributed by atoms with Crippen LogP contribution in [0.1, 0.15) is 34.5 Å². The Morgan fingerprint density at radius 3 is 2.48 bits per heavy atom. The molecule has 0 saturated heterocycles. The largest absolute Gasteiger partial charge is 0.507 e. The Morgan fingerprint density at radius 2 is 1.81 bits per heavy atom. The molecule has 5 nitrogen and oxygen atoms in total. The first-order valence-electron chi connectivity index (χ1n) is 8.48. The minimum atomic E-state index is -0.461. The maximum absolute atomic E-state index is 12.6. The second-order valence-corrected chi connectivity index (χ2v) is 6.71. The zero-order valence-corrected chi connectivity index (χ0v) is 15.5. The number of hydrogen-bond acceptors (Lipinski definition) is 3. The van der Waals surface area contributed by atoms with E-state index in [1.54, 1.807) is 12.1 Å². The van der Waals surface area contributed by atoms with E-state index in [0.29, 0.717) is 11.6 Å². The number of nitrogens with one attached hydrogen (secondary N) is 1. The number of halogens is 1. The van der Waals surface area contributed by atoms with Crippen molar-refractivity contribution in [3.05, 3.63) is 98.9 Å². The molecule has 1 aromatic heterocycles. The van der Waals surface area contributed by atoms with Crippen molar-refractivity contribution in [2.75, 3.05) is 0 Å². The van der Waals surface area contributed by atoms with Crippen molar-refractivity contribution < 1.29 is 9.90 Å². The fourth-order valence-corrected chi connectivity index (χ4v) is 2.88. The Hall–Kier alpha value is -3.05. The van der Waals surface area contributed by atoms with Crippen LogP contribution in [0.25, 0.3) is 0 Å². The fourth-order valence-electron chi connectivity index (χ4n) is 2.75. The van der Waals surface area contributed by atoms with E-state index < -0.39 is 5.91 Å². The smallest absolute Gasteiger partial charge is 0.257 e. The van der Waals surface area contributed by atoms with Gasteiger partial charge in [0.05, 0.1) is 18.2 Å². The number of hydrogen-bond donors (Lipinski definition) is 2. The Kier molecular flexibility index (Phi) is 5.62. The van der Waals surface area contributed by atoms with Crippen LogP contribution in [0.5, 0.6) is 5.75 Å². The van der Waals surface area contributed by atoms with Crippen molar-refractivity contribution in [3.63, 3.8) is 0 Å². The van der Waals surface area contributed by atoms with Crippen LogP contribution in [0.4, 0.5) is 0 Å². The van der Waals surface area contributed by atoms with Crippen LogP contribution in [0.15, 0.2) is 71.7 Å². The molecule has 0 radical (unpaired) electrons. The quantitative estimate of drug-likeness (QED) is 0.706. The third-order valence-corrected chi connectivity index (χ3v) is 4.51. The molecule has 6 heteroatoms. The lowest BCUT2D eigenvalue weighted by atomic mass is 10.1. The molecule has 1 amide bonds. The third kappa shape index (κ3) is 4.57. The van der Waals surface area contributed by atoms with Crippen molar-refractivity contribution in [3.8, 4) is 5.75 Å². The van der Waals surface area contributed by atoms with Gasteiger partial charge in [-0.15, -0.1) is 0 Å². The van der Waals surface area contributed by atoms with Gasteiger partial charge in [0.15, 0.2) is 0 Å². The van der Waals surface area contributed by atoms with Crippen LogP contribution < -0.4 is 10.9 Å². The number of rotatable bonds is 5. The van der Waals surface area contributed by atoms with E-state index in [1.807, 2.05) is 49.4 Å². The molecule has 0 fully saturated rings. The number of nitrogens with zero attached hydrogens (tertiary/aromatic N) is 1. The highest BCUT2D eigenvalue weighted by molar-refractivity contribution is 6.30. The highest BCUT2D eigenvalue weighted by atomic mass is 35.5. The summed E-state index contributed by atoms with van der Waals surface area (Å²) in [7, 11) is 0. The predicted octanol–water partition coefficient (Wildman–Crippen LogP) is 3.75. The molecule has 1 unspecified atom stereocenters. The maximum atomic E-state index is 12.6. The molecule has 0 saturated carbocycles. The van der Waals surface area contributed by atoms with Crippen molar-refractivity contribution in [2.45, 2.75) is 19.5 Å². The van der Waals surface area contributed by atoms with Gasteiger partial charge in [-0.1, -0.05) is 54.1 Å². The lowest BCUT2D eigenvalue weighted by molar-refractivity contribution is 0.0936. The van der Waals surface area contributed by atoms with Gasteiger partial charge in [-0.25, -0.2) is 0 Å². The second-order valence-electron chi connectivity index (χ2n) is 6.27. The monoisotopic (exact) mass is 382 g/mol. The van der Waals surface area contributed by atoms with Crippen molar-refractivity contribution in [1.29, 1.82) is 0 Å². The molecule has 3 aromatic rings. The number of amides is 1. The minimum Gasteiger partial charge on any atom is -0.507 e. The summed E-state index contributed by atoms with van der Waals surface area (Å²) in [5.41, 5.74) is 1.47. The summed E-state index contributed by atoms with van der Waals surface area (Å²) >= 11 is 5.88. The number of aromatic nitrogens is 1. The van der Waals surface area contributed by atoms with Crippen molar-refractivity contribution in [2.24, 2.45) is 0 Å². The van der Waals surface area contributed by atoms with Gasteiger partial charge in [-0.2, -0.15) is 0 Å². The molecule has 0 spiro atoms. The number of carbonyl (C=O) groups is 1. The van der Waals surface area contributed by atoms with E-state index in [2.05, 4.69) is 5.32 Å². The molecular formula is C21H19ClN2O3. The zero-order valence-electron chi connectivity index (χ0n) is 14.7. The first kappa shape index (κ1) is 18.7. The van der Waals surface area contributed by atoms with E-state index >= 15 is 0 Å². The summed E-state index contributed by atoms with van der Waals surface area (Å²) < 4.78 is 1.40. The van der Waals surface area contributed by atoms with Gasteiger partial charge in [0.2, 0.25) is 0 Å². The molecule has 27 heavy (non-hydrogen) atoms. The van der Waals surface area contributed by atoms with Crippen LogP contribution in [-0.4, -0.2) is 15.6 Å². The van der Waals surface area contributed by atoms with E-state index in [-0.39, 0.29) is 22.9 Å². The molecule has 2 aromatic carbocycles. The average molecular weight is 383 g/mol. The number of benzene rings is 2. The maximum Gasteiger partial charge on any atom is 0.257 e. The van der Waals surface area contributed by atoms with E-state index in [4.69, 9.17) is 11.6 Å². The summed E-state index contributed by atoms with van der Waals surface area (Å²) in [5, 5.41) is 13.5. The summed E-state index contributed by atoms with van der Waals surface area (Å²) in [6.07, 6.45) is 1.38. The molecule has 0 aliphatic heterocycles. The summed E-state index contributed by atoms with van der Waals surface area (Å²) in [4.78, 5) is 24.8. The van der Waals surface area contributed by atoms with Crippen molar-refractivity contribution in [1.82, 2.24) is 9.88 Å². The molecule has 0 bridgehead atoms. The van der Waals surface area contributed by atoms with Crippen molar-refractivity contribution >= 4 is 17.5 Å². The number of aromatic hydroxyl groups is 1. The Morgan fingerprint density at radius 1 is 1.15 bits per heavy atom. The molecule has 2 N–H and O–H groups in total. The van der Waals surface area contributed by atoms with Gasteiger partial charge < -0.3 is 15.0 Å². The molecule has 0 aliphatic carbocycles. The normalized spacial score (nSPS) is 11.8. The lowest BCUT2D eigenvalue weighted by Crippen LogP contribution is -2.29. The van der Waals surface area contributed by atoms with Crippen LogP contribution in [0.3, 0.4) is 0 Å². The van der Waals surface area contributed by atoms with Gasteiger partial charge >= 0.3 is 0 Å². The minimum absolute atomic E-state index is 0.0475. The van der Waals surface area contributed by atoms with Gasteiger partial charge in [-0.3, -0.25) is 9.59 Å². The standard InChI is InChI=1S/C21H19ClN2O3/c1-14(16-7-9-17(22)10-8-16)23-21(27)18-13-24(20(26)11-19(18)25)12-15-5-3-2-4-6-15/h2-11,13-14,25H,12H2,1H3,(H,23,27). The molecule has 1 heterocycles. The molecular weight excluding hydrogens is 364 g/mol. The number of pyridine rings is 1. The first-order valence-corrected chi connectivity index (χ1v) is 8.85. The molecule has 138 valence electrons. The Balaban J connectivity index is 1.82. The zero-order chi connectivity index (χ0) is 19.4. The highest BCUT2D eigenvalue weighted by Crippen LogP contribution is 2.19. The fraction of sp³-hybridized carbons (Fsp3) is 0.143. The topological polar surface area (TPSA) is 71.3 Å². The third-order valence-electron chi connectivity index (χ3n) is 4.26. The van der Waals surface area contributed by atoms with Gasteiger partial charge in [-0.05, 0) is 30.2 Å². The van der Waals surface area contributed by atoms with Crippen LogP contribution >= 0.6 is 11.6 Å². The van der Waals surface area contributed by atoms with E-state index in [0.717, 1.165) is 17.2 Å². The average Bonchev–Trinajstić information content (AvgIpc) is 2.65. The van der Waals surface area contributed by atoms with Gasteiger partial charge in [0, 0.05) is 17.3 Å². The van der Waals surface area contributed by atoms with Gasteiger partial charge in [0.1, 0.15) is 5.75 Å². The first-order chi connectivity index (χ1) is 12.9. The summed E-state index contributed by atoms with van der Waals surface area (Å²) in [6.45, 7) is 2.14.